The number of hydrogen-bond acceptors (Lipinski definition) is 11. The molecule has 2 aliphatic rings. The molecule has 0 bridgehead atoms. The molecule has 14 nitrogen and oxygen atoms in total. The number of carbonyl (C=O) groups excluding carboxylic acids is 2. The van der Waals surface area contributed by atoms with E-state index in [0.717, 1.165) is 12.8 Å². The SMILES string of the molecule is COc1ccc(-c2nnn(CC(=O)N(c3ccc4c(c3)OCCO4)[C@@H](C(=O)NC[C@H]3CCCO3)c3ccc(C)o3)n2)cc1OC. The average molecular weight is 619 g/mol. The Morgan fingerprint density at radius 3 is 2.58 bits per heavy atom. The number of aromatic nitrogens is 4. The number of ether oxygens (including phenoxy) is 5. The third kappa shape index (κ3) is 6.55. The number of amides is 2. The van der Waals surface area contributed by atoms with Gasteiger partial charge in [0.1, 0.15) is 31.3 Å². The van der Waals surface area contributed by atoms with Crippen LogP contribution < -0.4 is 29.2 Å². The van der Waals surface area contributed by atoms with Crippen molar-refractivity contribution in [1.29, 1.82) is 0 Å². The number of benzene rings is 2. The van der Waals surface area contributed by atoms with Gasteiger partial charge in [-0.3, -0.25) is 14.5 Å². The lowest BCUT2D eigenvalue weighted by atomic mass is 10.1. The minimum absolute atomic E-state index is 0.0965. The van der Waals surface area contributed by atoms with Gasteiger partial charge in [-0.2, -0.15) is 4.80 Å². The Morgan fingerprint density at radius 1 is 1.02 bits per heavy atom. The minimum atomic E-state index is -1.16. The molecule has 4 aromatic rings. The molecule has 236 valence electrons. The quantitative estimate of drug-likeness (QED) is 0.264. The van der Waals surface area contributed by atoms with Gasteiger partial charge in [-0.25, -0.2) is 0 Å². The van der Waals surface area contributed by atoms with Crippen molar-refractivity contribution in [3.63, 3.8) is 0 Å². The number of tetrazole rings is 1. The summed E-state index contributed by atoms with van der Waals surface area (Å²) in [7, 11) is 3.08. The zero-order chi connectivity index (χ0) is 31.3. The van der Waals surface area contributed by atoms with Crippen LogP contribution in [0.5, 0.6) is 23.0 Å². The maximum Gasteiger partial charge on any atom is 0.251 e. The molecule has 1 saturated heterocycles. The molecule has 6 rings (SSSR count). The van der Waals surface area contributed by atoms with E-state index in [4.69, 9.17) is 28.1 Å². The van der Waals surface area contributed by atoms with E-state index in [0.29, 0.717) is 66.4 Å². The van der Waals surface area contributed by atoms with E-state index in [1.165, 1.54) is 16.8 Å². The molecular weight excluding hydrogens is 584 g/mol. The summed E-state index contributed by atoms with van der Waals surface area (Å²) < 4.78 is 33.8. The molecule has 0 saturated carbocycles. The van der Waals surface area contributed by atoms with Crippen LogP contribution in [0.25, 0.3) is 11.4 Å². The van der Waals surface area contributed by atoms with Crippen LogP contribution in [-0.4, -0.2) is 78.7 Å². The maximum absolute atomic E-state index is 14.2. The number of nitrogens with zero attached hydrogens (tertiary/aromatic N) is 5. The molecule has 0 spiro atoms. The summed E-state index contributed by atoms with van der Waals surface area (Å²) in [5.74, 6) is 2.29. The van der Waals surface area contributed by atoms with Crippen LogP contribution in [-0.2, 0) is 20.9 Å². The smallest absolute Gasteiger partial charge is 0.251 e. The minimum Gasteiger partial charge on any atom is -0.493 e. The highest BCUT2D eigenvalue weighted by Gasteiger charge is 2.36. The standard InChI is InChI=1S/C31H34N6O8/c1-19-6-9-25(45-19)29(31(39)32-17-22-5-4-12-42-22)37(21-8-11-24-27(16-21)44-14-13-43-24)28(38)18-36-34-30(33-35-36)20-7-10-23(40-2)26(15-20)41-3/h6-11,15-16,22,29H,4-5,12-14,17-18H2,1-3H3,(H,32,39)/t22-,29-/m1/s1. The Morgan fingerprint density at radius 2 is 1.84 bits per heavy atom. The molecule has 0 unspecified atom stereocenters. The van der Waals surface area contributed by atoms with E-state index in [1.54, 1.807) is 62.6 Å². The first-order valence-corrected chi connectivity index (χ1v) is 14.6. The molecular formula is C31H34N6O8. The van der Waals surface area contributed by atoms with Crippen molar-refractivity contribution in [3.8, 4) is 34.4 Å². The van der Waals surface area contributed by atoms with Crippen molar-refractivity contribution in [2.24, 2.45) is 0 Å². The predicted molar refractivity (Wildman–Crippen MR) is 159 cm³/mol. The van der Waals surface area contributed by atoms with Crippen molar-refractivity contribution in [1.82, 2.24) is 25.5 Å². The number of furan rings is 1. The van der Waals surface area contributed by atoms with E-state index >= 15 is 0 Å². The van der Waals surface area contributed by atoms with Gasteiger partial charge in [0.05, 0.1) is 20.3 Å². The molecule has 14 heteroatoms. The topological polar surface area (TPSA) is 152 Å². The Kier molecular flexibility index (Phi) is 8.82. The van der Waals surface area contributed by atoms with E-state index in [-0.39, 0.29) is 24.2 Å². The van der Waals surface area contributed by atoms with Crippen molar-refractivity contribution < 1.29 is 37.7 Å². The van der Waals surface area contributed by atoms with Gasteiger partial charge < -0.3 is 33.4 Å². The van der Waals surface area contributed by atoms with Crippen LogP contribution in [0.3, 0.4) is 0 Å². The number of fused-ring (bicyclic) bond motifs is 1. The fraction of sp³-hybridized carbons (Fsp3) is 0.387. The molecule has 2 amide bonds. The number of carbonyl (C=O) groups is 2. The molecule has 0 aliphatic carbocycles. The van der Waals surface area contributed by atoms with Crippen LogP contribution >= 0.6 is 0 Å². The number of rotatable bonds is 11. The first-order valence-electron chi connectivity index (χ1n) is 14.6. The second-order valence-corrected chi connectivity index (χ2v) is 10.5. The number of anilines is 1. The Balaban J connectivity index is 1.33. The highest BCUT2D eigenvalue weighted by molar-refractivity contribution is 6.01. The van der Waals surface area contributed by atoms with Crippen LogP contribution in [0.15, 0.2) is 52.9 Å². The molecule has 2 aromatic carbocycles. The first kappa shape index (κ1) is 29.9. The summed E-state index contributed by atoms with van der Waals surface area (Å²) in [6.45, 7) is 3.17. The van der Waals surface area contributed by atoms with Crippen LogP contribution in [0.2, 0.25) is 0 Å². The summed E-state index contributed by atoms with van der Waals surface area (Å²) >= 11 is 0. The molecule has 1 N–H and O–H groups in total. The Labute approximate surface area is 259 Å². The van der Waals surface area contributed by atoms with Crippen molar-refractivity contribution in [3.05, 3.63) is 60.1 Å². The molecule has 4 heterocycles. The lowest BCUT2D eigenvalue weighted by Gasteiger charge is -2.31. The zero-order valence-corrected chi connectivity index (χ0v) is 25.2. The average Bonchev–Trinajstić information content (AvgIpc) is 3.85. The molecule has 0 radical (unpaired) electrons. The van der Waals surface area contributed by atoms with Crippen LogP contribution in [0, 0.1) is 6.92 Å². The van der Waals surface area contributed by atoms with Crippen molar-refractivity contribution in [2.45, 2.75) is 38.5 Å². The Bertz CT molecular complexity index is 1660. The van der Waals surface area contributed by atoms with Gasteiger partial charge >= 0.3 is 0 Å². The fourth-order valence-electron chi connectivity index (χ4n) is 5.31. The monoisotopic (exact) mass is 618 g/mol. The predicted octanol–water partition coefficient (Wildman–Crippen LogP) is 3.10. The molecule has 2 atom stereocenters. The summed E-state index contributed by atoms with van der Waals surface area (Å²) in [6, 6.07) is 12.6. The second-order valence-electron chi connectivity index (χ2n) is 10.5. The highest BCUT2D eigenvalue weighted by Crippen LogP contribution is 2.38. The number of methoxy groups -OCH3 is 2. The number of hydrogen-bond donors (Lipinski definition) is 1. The molecule has 45 heavy (non-hydrogen) atoms. The maximum atomic E-state index is 14.2. The molecule has 2 aromatic heterocycles. The van der Waals surface area contributed by atoms with Gasteiger partial charge in [-0.15, -0.1) is 10.2 Å². The summed E-state index contributed by atoms with van der Waals surface area (Å²) in [6.07, 6.45) is 1.68. The van der Waals surface area contributed by atoms with E-state index in [1.807, 2.05) is 0 Å². The second kappa shape index (κ2) is 13.3. The number of aryl methyl sites for hydroxylation is 1. The fourth-order valence-corrected chi connectivity index (χ4v) is 5.31. The van der Waals surface area contributed by atoms with Gasteiger partial charge in [0.25, 0.3) is 11.8 Å². The lowest BCUT2D eigenvalue weighted by Crippen LogP contribution is -2.46. The lowest BCUT2D eigenvalue weighted by molar-refractivity contribution is -0.127. The molecule has 1 fully saturated rings. The number of nitrogens with one attached hydrogen (secondary N) is 1. The largest absolute Gasteiger partial charge is 0.493 e. The van der Waals surface area contributed by atoms with Crippen LogP contribution in [0.1, 0.15) is 30.4 Å². The summed E-state index contributed by atoms with van der Waals surface area (Å²) in [5.41, 5.74) is 1.02. The zero-order valence-electron chi connectivity index (χ0n) is 25.2. The third-order valence-corrected chi connectivity index (χ3v) is 7.51. The van der Waals surface area contributed by atoms with Crippen molar-refractivity contribution in [2.75, 3.05) is 45.5 Å². The van der Waals surface area contributed by atoms with Gasteiger partial charge in [-0.1, -0.05) is 0 Å². The van der Waals surface area contributed by atoms with Gasteiger partial charge in [0.2, 0.25) is 5.82 Å². The van der Waals surface area contributed by atoms with Crippen LogP contribution in [0.4, 0.5) is 5.69 Å². The van der Waals surface area contributed by atoms with E-state index in [9.17, 15) is 9.59 Å². The van der Waals surface area contributed by atoms with Gasteiger partial charge in [0.15, 0.2) is 29.0 Å². The first-order chi connectivity index (χ1) is 21.9. The van der Waals surface area contributed by atoms with E-state index < -0.39 is 17.9 Å². The van der Waals surface area contributed by atoms with E-state index in [2.05, 4.69) is 20.7 Å². The third-order valence-electron chi connectivity index (χ3n) is 7.51. The normalized spacial score (nSPS) is 16.2. The van der Waals surface area contributed by atoms with Crippen molar-refractivity contribution >= 4 is 17.5 Å². The van der Waals surface area contributed by atoms with Gasteiger partial charge in [-0.05, 0) is 67.4 Å². The summed E-state index contributed by atoms with van der Waals surface area (Å²) in [4.78, 5) is 30.7. The Hall–Kier alpha value is -5.11. The molecule has 2 aliphatic heterocycles. The highest BCUT2D eigenvalue weighted by atomic mass is 16.6. The summed E-state index contributed by atoms with van der Waals surface area (Å²) in [5, 5.41) is 15.7. The van der Waals surface area contributed by atoms with Gasteiger partial charge in [0, 0.05) is 30.5 Å².